The number of hydrogen-bond donors (Lipinski definition) is 2. The number of H-pyrrole nitrogens is 1. The van der Waals surface area contributed by atoms with Gasteiger partial charge in [-0.1, -0.05) is 43.7 Å². The lowest BCUT2D eigenvalue weighted by molar-refractivity contribution is -0.142. The van der Waals surface area contributed by atoms with Gasteiger partial charge in [-0.2, -0.15) is 0 Å². The van der Waals surface area contributed by atoms with Crippen LogP contribution < -0.4 is 10.1 Å². The number of anilines is 1. The molecule has 0 bridgehead atoms. The fourth-order valence-electron chi connectivity index (χ4n) is 4.34. The molecule has 1 fully saturated rings. The maximum atomic E-state index is 13.4. The Balaban J connectivity index is 1.67. The van der Waals surface area contributed by atoms with Crippen molar-refractivity contribution in [1.82, 2.24) is 14.9 Å². The zero-order valence-electron chi connectivity index (χ0n) is 17.9. The van der Waals surface area contributed by atoms with Crippen LogP contribution in [-0.4, -0.2) is 40.3 Å². The van der Waals surface area contributed by atoms with E-state index in [1.54, 1.807) is 7.11 Å². The Labute approximate surface area is 181 Å². The molecule has 0 radical (unpaired) electrons. The molecule has 0 saturated carbocycles. The van der Waals surface area contributed by atoms with E-state index in [9.17, 15) is 9.59 Å². The molecule has 3 aromatic rings. The number of piperidine rings is 1. The van der Waals surface area contributed by atoms with E-state index in [0.717, 1.165) is 29.4 Å². The molecule has 2 heterocycles. The van der Waals surface area contributed by atoms with Crippen molar-refractivity contribution in [3.63, 3.8) is 0 Å². The second kappa shape index (κ2) is 9.20. The number of benzene rings is 2. The van der Waals surface area contributed by atoms with Crippen LogP contribution in [-0.2, 0) is 9.59 Å². The number of amides is 2. The van der Waals surface area contributed by atoms with Crippen LogP contribution in [0.5, 0.6) is 5.75 Å². The predicted molar refractivity (Wildman–Crippen MR) is 120 cm³/mol. The summed E-state index contributed by atoms with van der Waals surface area (Å²) in [6, 6.07) is 14.9. The SMILES string of the molecule is CCCCN1C(=O)CCC(C(=O)Nc2nc3ccccc3[nH]2)C1c1ccccc1OC. The van der Waals surface area contributed by atoms with Crippen LogP contribution in [0, 0.1) is 5.92 Å². The molecular weight excluding hydrogens is 392 g/mol. The number of methoxy groups -OCH3 is 1. The minimum absolute atomic E-state index is 0.0807. The Kier molecular flexibility index (Phi) is 6.21. The van der Waals surface area contributed by atoms with Gasteiger partial charge in [0, 0.05) is 18.5 Å². The second-order valence-corrected chi connectivity index (χ2v) is 7.86. The van der Waals surface area contributed by atoms with Crippen LogP contribution in [0.15, 0.2) is 48.5 Å². The Morgan fingerprint density at radius 1 is 1.23 bits per heavy atom. The third-order valence-corrected chi connectivity index (χ3v) is 5.88. The zero-order valence-corrected chi connectivity index (χ0v) is 17.9. The highest BCUT2D eigenvalue weighted by Crippen LogP contribution is 2.41. The van der Waals surface area contributed by atoms with E-state index in [1.807, 2.05) is 53.4 Å². The molecule has 31 heavy (non-hydrogen) atoms. The summed E-state index contributed by atoms with van der Waals surface area (Å²) >= 11 is 0. The van der Waals surface area contributed by atoms with Crippen LogP contribution >= 0.6 is 0 Å². The summed E-state index contributed by atoms with van der Waals surface area (Å²) in [4.78, 5) is 35.7. The van der Waals surface area contributed by atoms with Crippen molar-refractivity contribution in [2.75, 3.05) is 19.0 Å². The van der Waals surface area contributed by atoms with E-state index in [4.69, 9.17) is 4.74 Å². The van der Waals surface area contributed by atoms with Gasteiger partial charge in [0.25, 0.3) is 0 Å². The van der Waals surface area contributed by atoms with Crippen molar-refractivity contribution in [2.45, 2.75) is 38.6 Å². The average molecular weight is 421 g/mol. The molecule has 4 rings (SSSR count). The summed E-state index contributed by atoms with van der Waals surface area (Å²) in [7, 11) is 1.61. The van der Waals surface area contributed by atoms with Crippen LogP contribution in [0.25, 0.3) is 11.0 Å². The summed E-state index contributed by atoms with van der Waals surface area (Å²) in [5, 5.41) is 2.95. The number of fused-ring (bicyclic) bond motifs is 1. The smallest absolute Gasteiger partial charge is 0.232 e. The van der Waals surface area contributed by atoms with E-state index in [2.05, 4.69) is 22.2 Å². The molecule has 2 atom stereocenters. The Morgan fingerprint density at radius 3 is 2.77 bits per heavy atom. The number of imidazole rings is 1. The number of nitrogens with one attached hydrogen (secondary N) is 2. The maximum Gasteiger partial charge on any atom is 0.232 e. The molecule has 1 aliphatic heterocycles. The predicted octanol–water partition coefficient (Wildman–Crippen LogP) is 4.29. The van der Waals surface area contributed by atoms with E-state index < -0.39 is 5.92 Å². The Morgan fingerprint density at radius 2 is 2.00 bits per heavy atom. The molecule has 7 heteroatoms. The third kappa shape index (κ3) is 4.26. The number of rotatable bonds is 7. The normalized spacial score (nSPS) is 18.9. The van der Waals surface area contributed by atoms with Gasteiger partial charge < -0.3 is 14.6 Å². The van der Waals surface area contributed by atoms with Crippen molar-refractivity contribution >= 4 is 28.8 Å². The lowest BCUT2D eigenvalue weighted by Crippen LogP contribution is -2.47. The van der Waals surface area contributed by atoms with Gasteiger partial charge in [0.2, 0.25) is 17.8 Å². The highest BCUT2D eigenvalue weighted by molar-refractivity contribution is 5.94. The molecule has 7 nitrogen and oxygen atoms in total. The number of likely N-dealkylation sites (tertiary alicyclic amines) is 1. The summed E-state index contributed by atoms with van der Waals surface area (Å²) < 4.78 is 5.58. The molecular formula is C24H28N4O3. The van der Waals surface area contributed by atoms with Crippen LogP contribution in [0.1, 0.15) is 44.2 Å². The second-order valence-electron chi connectivity index (χ2n) is 7.86. The van der Waals surface area contributed by atoms with Crippen LogP contribution in [0.2, 0.25) is 0 Å². The van der Waals surface area contributed by atoms with Gasteiger partial charge in [-0.05, 0) is 31.0 Å². The first-order chi connectivity index (χ1) is 15.1. The zero-order chi connectivity index (χ0) is 21.8. The van der Waals surface area contributed by atoms with Gasteiger partial charge >= 0.3 is 0 Å². The van der Waals surface area contributed by atoms with Crippen molar-refractivity contribution in [3.05, 3.63) is 54.1 Å². The number of unbranched alkanes of at least 4 members (excludes halogenated alkanes) is 1. The molecule has 2 amide bonds. The largest absolute Gasteiger partial charge is 0.496 e. The minimum atomic E-state index is -0.404. The molecule has 0 spiro atoms. The first-order valence-corrected chi connectivity index (χ1v) is 10.8. The van der Waals surface area contributed by atoms with Gasteiger partial charge in [0.15, 0.2) is 0 Å². The van der Waals surface area contributed by atoms with Gasteiger partial charge in [-0.15, -0.1) is 0 Å². The molecule has 2 unspecified atom stereocenters. The van der Waals surface area contributed by atoms with Crippen molar-refractivity contribution < 1.29 is 14.3 Å². The summed E-state index contributed by atoms with van der Waals surface area (Å²) in [6.45, 7) is 2.71. The van der Waals surface area contributed by atoms with Gasteiger partial charge in [0.1, 0.15) is 5.75 Å². The molecule has 2 aromatic carbocycles. The van der Waals surface area contributed by atoms with Crippen molar-refractivity contribution in [2.24, 2.45) is 5.92 Å². The lowest BCUT2D eigenvalue weighted by atomic mass is 9.83. The highest BCUT2D eigenvalue weighted by Gasteiger charge is 2.41. The van der Waals surface area contributed by atoms with Crippen molar-refractivity contribution in [3.8, 4) is 5.75 Å². The van der Waals surface area contributed by atoms with Gasteiger partial charge in [-0.3, -0.25) is 14.9 Å². The summed E-state index contributed by atoms with van der Waals surface area (Å²) in [6.07, 6.45) is 2.69. The number of carbonyl (C=O) groups is 2. The first kappa shape index (κ1) is 20.9. The topological polar surface area (TPSA) is 87.3 Å². The highest BCUT2D eigenvalue weighted by atomic mass is 16.5. The number of aromatic amines is 1. The van der Waals surface area contributed by atoms with Crippen molar-refractivity contribution in [1.29, 1.82) is 0 Å². The molecule has 1 aromatic heterocycles. The fourth-order valence-corrected chi connectivity index (χ4v) is 4.34. The molecule has 1 saturated heterocycles. The van der Waals surface area contributed by atoms with E-state index in [1.165, 1.54) is 0 Å². The number of hydrogen-bond acceptors (Lipinski definition) is 4. The molecule has 2 N–H and O–H groups in total. The van der Waals surface area contributed by atoms with Gasteiger partial charge in [0.05, 0.1) is 30.1 Å². The number of para-hydroxylation sites is 3. The monoisotopic (exact) mass is 420 g/mol. The van der Waals surface area contributed by atoms with Gasteiger partial charge in [-0.25, -0.2) is 4.98 Å². The number of carbonyl (C=O) groups excluding carboxylic acids is 2. The Bertz CT molecular complexity index is 1040. The Hall–Kier alpha value is -3.35. The fraction of sp³-hybridized carbons (Fsp3) is 0.375. The quantitative estimate of drug-likeness (QED) is 0.597. The molecule has 162 valence electrons. The van der Waals surface area contributed by atoms with E-state index in [0.29, 0.717) is 31.1 Å². The third-order valence-electron chi connectivity index (χ3n) is 5.88. The number of ether oxygens (including phenoxy) is 1. The van der Waals surface area contributed by atoms with E-state index >= 15 is 0 Å². The molecule has 1 aliphatic rings. The van der Waals surface area contributed by atoms with E-state index in [-0.39, 0.29) is 17.9 Å². The first-order valence-electron chi connectivity index (χ1n) is 10.8. The lowest BCUT2D eigenvalue weighted by Gasteiger charge is -2.41. The van der Waals surface area contributed by atoms with Crippen LogP contribution in [0.4, 0.5) is 5.95 Å². The summed E-state index contributed by atoms with van der Waals surface area (Å²) in [5.41, 5.74) is 2.52. The summed E-state index contributed by atoms with van der Waals surface area (Å²) in [5.74, 6) is 0.632. The number of aromatic nitrogens is 2. The minimum Gasteiger partial charge on any atom is -0.496 e. The maximum absolute atomic E-state index is 13.4. The van der Waals surface area contributed by atoms with Crippen LogP contribution in [0.3, 0.4) is 0 Å². The standard InChI is InChI=1S/C24H28N4O3/c1-3-4-15-28-21(29)14-13-17(22(28)16-9-5-8-12-20(16)31-2)23(30)27-24-25-18-10-6-7-11-19(18)26-24/h5-12,17,22H,3-4,13-15H2,1-2H3,(H2,25,26,27,30). The average Bonchev–Trinajstić information content (AvgIpc) is 3.20. The molecule has 0 aliphatic carbocycles. The number of nitrogens with zero attached hydrogens (tertiary/aromatic N) is 2.